The van der Waals surface area contributed by atoms with Gasteiger partial charge in [0.15, 0.2) is 0 Å². The molecular formula is C17H28N2O. The van der Waals surface area contributed by atoms with Gasteiger partial charge in [-0.3, -0.25) is 4.79 Å². The van der Waals surface area contributed by atoms with Crippen LogP contribution in [0.4, 0.5) is 5.69 Å². The third-order valence-corrected chi connectivity index (χ3v) is 3.26. The number of hydrogen-bond acceptors (Lipinski definition) is 2. The van der Waals surface area contributed by atoms with Gasteiger partial charge in [-0.1, -0.05) is 39.8 Å². The molecule has 0 heterocycles. The van der Waals surface area contributed by atoms with Gasteiger partial charge in [0.1, 0.15) is 0 Å². The molecule has 1 aromatic rings. The van der Waals surface area contributed by atoms with Gasteiger partial charge in [0.05, 0.1) is 5.92 Å². The molecule has 20 heavy (non-hydrogen) atoms. The minimum absolute atomic E-state index is 0.143. The van der Waals surface area contributed by atoms with Gasteiger partial charge in [-0.25, -0.2) is 0 Å². The van der Waals surface area contributed by atoms with E-state index in [9.17, 15) is 4.79 Å². The second-order valence-electron chi connectivity index (χ2n) is 6.42. The summed E-state index contributed by atoms with van der Waals surface area (Å²) in [6.07, 6.45) is 0. The first-order chi connectivity index (χ1) is 9.31. The number of nitrogen functional groups attached to an aromatic ring is 1. The van der Waals surface area contributed by atoms with Crippen LogP contribution in [0.1, 0.15) is 46.1 Å². The van der Waals surface area contributed by atoms with Crippen molar-refractivity contribution in [3.63, 3.8) is 0 Å². The van der Waals surface area contributed by atoms with Crippen molar-refractivity contribution in [2.75, 3.05) is 18.8 Å². The first-order valence-corrected chi connectivity index (χ1v) is 7.45. The highest BCUT2D eigenvalue weighted by Crippen LogP contribution is 2.21. The minimum atomic E-state index is -0.143. The lowest BCUT2D eigenvalue weighted by Crippen LogP contribution is -2.39. The number of hydrogen-bond donors (Lipinski definition) is 1. The maximum Gasteiger partial charge on any atom is 0.229 e. The summed E-state index contributed by atoms with van der Waals surface area (Å²) in [7, 11) is 0. The Hall–Kier alpha value is -1.51. The Morgan fingerprint density at radius 1 is 1.10 bits per heavy atom. The molecule has 0 radical (unpaired) electrons. The highest BCUT2D eigenvalue weighted by atomic mass is 16.2. The third-order valence-electron chi connectivity index (χ3n) is 3.26. The number of nitrogens with zero attached hydrogens (tertiary/aromatic N) is 1. The SMILES string of the molecule is CC(C)CN(CC(C)C)C(=O)C(C)c1cccc(N)c1. The van der Waals surface area contributed by atoms with Crippen molar-refractivity contribution >= 4 is 11.6 Å². The topological polar surface area (TPSA) is 46.3 Å². The maximum absolute atomic E-state index is 12.7. The highest BCUT2D eigenvalue weighted by Gasteiger charge is 2.23. The molecule has 112 valence electrons. The van der Waals surface area contributed by atoms with Crippen molar-refractivity contribution in [2.24, 2.45) is 11.8 Å². The molecule has 0 aliphatic rings. The van der Waals surface area contributed by atoms with E-state index in [0.29, 0.717) is 17.5 Å². The Balaban J connectivity index is 2.87. The van der Waals surface area contributed by atoms with E-state index in [1.54, 1.807) is 0 Å². The van der Waals surface area contributed by atoms with Crippen LogP contribution < -0.4 is 5.73 Å². The normalized spacial score (nSPS) is 12.8. The van der Waals surface area contributed by atoms with Gasteiger partial charge in [0.25, 0.3) is 0 Å². The number of carbonyl (C=O) groups is 1. The number of anilines is 1. The lowest BCUT2D eigenvalue weighted by molar-refractivity contribution is -0.133. The predicted molar refractivity (Wildman–Crippen MR) is 85.5 cm³/mol. The molecule has 0 spiro atoms. The minimum Gasteiger partial charge on any atom is -0.399 e. The molecule has 0 saturated heterocycles. The van der Waals surface area contributed by atoms with Crippen molar-refractivity contribution in [3.05, 3.63) is 29.8 Å². The van der Waals surface area contributed by atoms with Crippen LogP contribution in [0, 0.1) is 11.8 Å². The Bertz CT molecular complexity index is 430. The molecule has 2 N–H and O–H groups in total. The Kier molecular flexibility index (Phi) is 6.05. The largest absolute Gasteiger partial charge is 0.399 e. The van der Waals surface area contributed by atoms with E-state index in [4.69, 9.17) is 5.73 Å². The van der Waals surface area contributed by atoms with Crippen LogP contribution in [-0.4, -0.2) is 23.9 Å². The molecule has 1 amide bonds. The van der Waals surface area contributed by atoms with Crippen LogP contribution in [0.25, 0.3) is 0 Å². The van der Waals surface area contributed by atoms with E-state index in [-0.39, 0.29) is 11.8 Å². The first-order valence-electron chi connectivity index (χ1n) is 7.45. The Labute approximate surface area is 123 Å². The first kappa shape index (κ1) is 16.5. The highest BCUT2D eigenvalue weighted by molar-refractivity contribution is 5.83. The van der Waals surface area contributed by atoms with Crippen LogP contribution in [0.2, 0.25) is 0 Å². The summed E-state index contributed by atoms with van der Waals surface area (Å²) in [6, 6.07) is 7.62. The fraction of sp³-hybridized carbons (Fsp3) is 0.588. The van der Waals surface area contributed by atoms with E-state index >= 15 is 0 Å². The average Bonchev–Trinajstić information content (AvgIpc) is 2.35. The molecule has 0 saturated carbocycles. The van der Waals surface area contributed by atoms with Crippen LogP contribution in [-0.2, 0) is 4.79 Å². The number of rotatable bonds is 6. The summed E-state index contributed by atoms with van der Waals surface area (Å²) in [5, 5.41) is 0. The van der Waals surface area contributed by atoms with Crippen molar-refractivity contribution in [3.8, 4) is 0 Å². The van der Waals surface area contributed by atoms with Gasteiger partial charge in [-0.15, -0.1) is 0 Å². The van der Waals surface area contributed by atoms with E-state index in [2.05, 4.69) is 27.7 Å². The fourth-order valence-corrected chi connectivity index (χ4v) is 2.38. The van der Waals surface area contributed by atoms with Crippen LogP contribution >= 0.6 is 0 Å². The summed E-state index contributed by atoms with van der Waals surface area (Å²) < 4.78 is 0. The molecule has 3 heteroatoms. The van der Waals surface area contributed by atoms with E-state index in [1.807, 2.05) is 36.1 Å². The van der Waals surface area contributed by atoms with Gasteiger partial charge < -0.3 is 10.6 Å². The second kappa shape index (κ2) is 7.32. The lowest BCUT2D eigenvalue weighted by atomic mass is 9.98. The maximum atomic E-state index is 12.7. The smallest absolute Gasteiger partial charge is 0.229 e. The molecule has 1 rings (SSSR count). The molecule has 1 unspecified atom stereocenters. The van der Waals surface area contributed by atoms with Crippen LogP contribution in [0.5, 0.6) is 0 Å². The Morgan fingerprint density at radius 3 is 2.10 bits per heavy atom. The van der Waals surface area contributed by atoms with Crippen molar-refractivity contribution in [1.82, 2.24) is 4.90 Å². The van der Waals surface area contributed by atoms with Gasteiger partial charge in [-0.05, 0) is 36.5 Å². The van der Waals surface area contributed by atoms with Gasteiger partial charge in [0.2, 0.25) is 5.91 Å². The molecule has 0 bridgehead atoms. The zero-order chi connectivity index (χ0) is 15.3. The third kappa shape index (κ3) is 4.87. The molecule has 0 aliphatic carbocycles. The zero-order valence-corrected chi connectivity index (χ0v) is 13.4. The van der Waals surface area contributed by atoms with E-state index in [1.165, 1.54) is 0 Å². The van der Waals surface area contributed by atoms with Gasteiger partial charge >= 0.3 is 0 Å². The molecule has 1 aromatic carbocycles. The fourth-order valence-electron chi connectivity index (χ4n) is 2.38. The van der Waals surface area contributed by atoms with Gasteiger partial charge in [0, 0.05) is 18.8 Å². The summed E-state index contributed by atoms with van der Waals surface area (Å²) >= 11 is 0. The number of benzene rings is 1. The molecule has 0 aliphatic heterocycles. The van der Waals surface area contributed by atoms with Gasteiger partial charge in [-0.2, -0.15) is 0 Å². The zero-order valence-electron chi connectivity index (χ0n) is 13.4. The predicted octanol–water partition coefficient (Wildman–Crippen LogP) is 3.51. The summed E-state index contributed by atoms with van der Waals surface area (Å²) in [4.78, 5) is 14.7. The summed E-state index contributed by atoms with van der Waals surface area (Å²) in [5.74, 6) is 1.01. The quantitative estimate of drug-likeness (QED) is 0.808. The number of nitrogens with two attached hydrogens (primary N) is 1. The average molecular weight is 276 g/mol. The van der Waals surface area contributed by atoms with Crippen molar-refractivity contribution in [1.29, 1.82) is 0 Å². The molecule has 3 nitrogen and oxygen atoms in total. The number of amides is 1. The summed E-state index contributed by atoms with van der Waals surface area (Å²) in [5.41, 5.74) is 7.51. The lowest BCUT2D eigenvalue weighted by Gasteiger charge is -2.29. The van der Waals surface area contributed by atoms with Crippen LogP contribution in [0.15, 0.2) is 24.3 Å². The molecular weight excluding hydrogens is 248 g/mol. The number of carbonyl (C=O) groups excluding carboxylic acids is 1. The second-order valence-corrected chi connectivity index (χ2v) is 6.42. The standard InChI is InChI=1S/C17H28N2O/c1-12(2)10-19(11-13(3)4)17(20)14(5)15-7-6-8-16(18)9-15/h6-9,12-14H,10-11,18H2,1-5H3. The van der Waals surface area contributed by atoms with E-state index in [0.717, 1.165) is 18.7 Å². The van der Waals surface area contributed by atoms with Crippen molar-refractivity contribution in [2.45, 2.75) is 40.5 Å². The molecule has 1 atom stereocenters. The van der Waals surface area contributed by atoms with Crippen LogP contribution in [0.3, 0.4) is 0 Å². The molecule has 0 aromatic heterocycles. The molecule has 0 fully saturated rings. The van der Waals surface area contributed by atoms with Crippen molar-refractivity contribution < 1.29 is 4.79 Å². The monoisotopic (exact) mass is 276 g/mol. The Morgan fingerprint density at radius 2 is 1.65 bits per heavy atom. The van der Waals surface area contributed by atoms with E-state index < -0.39 is 0 Å². The summed E-state index contributed by atoms with van der Waals surface area (Å²) in [6.45, 7) is 12.2.